The Hall–Kier alpha value is -0.740. The number of hydrogen-bond acceptors (Lipinski definition) is 3. The van der Waals surface area contributed by atoms with E-state index in [4.69, 9.17) is 0 Å². The van der Waals surface area contributed by atoms with E-state index in [-0.39, 0.29) is 5.82 Å². The van der Waals surface area contributed by atoms with E-state index in [1.54, 1.807) is 12.1 Å². The highest BCUT2D eigenvalue weighted by atomic mass is 32.2. The van der Waals surface area contributed by atoms with Crippen LogP contribution in [0.3, 0.4) is 0 Å². The largest absolute Gasteiger partial charge is 0.369 e. The van der Waals surface area contributed by atoms with Gasteiger partial charge in [0.2, 0.25) is 0 Å². The summed E-state index contributed by atoms with van der Waals surface area (Å²) in [6, 6.07) is 5.10. The summed E-state index contributed by atoms with van der Waals surface area (Å²) < 4.78 is 13.3. The van der Waals surface area contributed by atoms with Crippen molar-refractivity contribution in [2.24, 2.45) is 0 Å². The summed E-state index contributed by atoms with van der Waals surface area (Å²) in [4.78, 5) is 2.37. The second kappa shape index (κ2) is 5.74. The fourth-order valence-corrected chi connectivity index (χ4v) is 3.25. The Kier molecular flexibility index (Phi) is 4.29. The lowest BCUT2D eigenvalue weighted by atomic mass is 10.1. The number of halogens is 1. The molecule has 0 bridgehead atoms. The van der Waals surface area contributed by atoms with Gasteiger partial charge in [0.15, 0.2) is 0 Å². The van der Waals surface area contributed by atoms with Gasteiger partial charge in [-0.05, 0) is 30.8 Å². The van der Waals surface area contributed by atoms with Gasteiger partial charge in [-0.1, -0.05) is 6.92 Å². The first-order chi connectivity index (χ1) is 8.20. The lowest BCUT2D eigenvalue weighted by Crippen LogP contribution is -2.37. The molecule has 1 saturated heterocycles. The van der Waals surface area contributed by atoms with Gasteiger partial charge in [-0.2, -0.15) is 11.8 Å². The van der Waals surface area contributed by atoms with E-state index >= 15 is 0 Å². The number of nitrogens with one attached hydrogen (secondary N) is 1. The molecular formula is C13H19FN2S. The topological polar surface area (TPSA) is 15.3 Å². The number of thioether (sulfide) groups is 1. The first-order valence-corrected chi connectivity index (χ1v) is 7.05. The number of anilines is 1. The minimum atomic E-state index is -0.154. The highest BCUT2D eigenvalue weighted by molar-refractivity contribution is 8.00. The highest BCUT2D eigenvalue weighted by Gasteiger charge is 2.19. The third-order valence-electron chi connectivity index (χ3n) is 2.99. The molecule has 1 aromatic carbocycles. The van der Waals surface area contributed by atoms with Crippen molar-refractivity contribution in [3.8, 4) is 0 Å². The van der Waals surface area contributed by atoms with E-state index < -0.39 is 0 Å². The molecule has 0 radical (unpaired) electrons. The van der Waals surface area contributed by atoms with Gasteiger partial charge in [-0.25, -0.2) is 4.39 Å². The molecule has 1 unspecified atom stereocenters. The summed E-state index contributed by atoms with van der Waals surface area (Å²) in [6.45, 7) is 5.06. The van der Waals surface area contributed by atoms with Crippen LogP contribution in [0.4, 0.5) is 10.1 Å². The quantitative estimate of drug-likeness (QED) is 0.892. The molecule has 1 aliphatic heterocycles. The molecule has 0 amide bonds. The lowest BCUT2D eigenvalue weighted by molar-refractivity contribution is 0.622. The maximum atomic E-state index is 13.3. The summed E-state index contributed by atoms with van der Waals surface area (Å²) in [5.74, 6) is 0.996. The van der Waals surface area contributed by atoms with E-state index in [9.17, 15) is 4.39 Å². The molecule has 1 atom stereocenters. The van der Waals surface area contributed by atoms with Crippen molar-refractivity contribution in [2.75, 3.05) is 30.8 Å². The molecule has 2 nitrogen and oxygen atoms in total. The van der Waals surface area contributed by atoms with Crippen molar-refractivity contribution in [1.29, 1.82) is 0 Å². The maximum absolute atomic E-state index is 13.3. The van der Waals surface area contributed by atoms with Gasteiger partial charge >= 0.3 is 0 Å². The SMILES string of the molecule is CNCc1cc(F)ccc1N1CCSC(C)C1. The van der Waals surface area contributed by atoms with Crippen LogP contribution < -0.4 is 10.2 Å². The molecule has 1 aromatic rings. The Bertz CT molecular complexity index is 384. The summed E-state index contributed by atoms with van der Waals surface area (Å²) in [5, 5.41) is 3.75. The molecule has 94 valence electrons. The van der Waals surface area contributed by atoms with Crippen LogP contribution in [0.2, 0.25) is 0 Å². The molecule has 1 aliphatic rings. The minimum absolute atomic E-state index is 0.154. The van der Waals surface area contributed by atoms with Gasteiger partial charge in [0.1, 0.15) is 5.82 Å². The van der Waals surface area contributed by atoms with Gasteiger partial charge in [0.25, 0.3) is 0 Å². The van der Waals surface area contributed by atoms with Crippen molar-refractivity contribution < 1.29 is 4.39 Å². The Balaban J connectivity index is 2.23. The van der Waals surface area contributed by atoms with Crippen LogP contribution in [-0.4, -0.2) is 31.1 Å². The van der Waals surface area contributed by atoms with Crippen LogP contribution in [0.5, 0.6) is 0 Å². The minimum Gasteiger partial charge on any atom is -0.369 e. The second-order valence-corrected chi connectivity index (χ2v) is 5.98. The van der Waals surface area contributed by atoms with Crippen LogP contribution >= 0.6 is 11.8 Å². The smallest absolute Gasteiger partial charge is 0.123 e. The third-order valence-corrected chi connectivity index (χ3v) is 4.13. The normalized spacial score (nSPS) is 20.6. The zero-order valence-electron chi connectivity index (χ0n) is 10.4. The van der Waals surface area contributed by atoms with E-state index in [1.165, 1.54) is 5.69 Å². The van der Waals surface area contributed by atoms with Crippen molar-refractivity contribution in [2.45, 2.75) is 18.7 Å². The molecule has 0 aliphatic carbocycles. The highest BCUT2D eigenvalue weighted by Crippen LogP contribution is 2.27. The standard InChI is InChI=1S/C13H19FN2S/c1-10-9-16(5-6-17-10)13-4-3-12(14)7-11(13)8-15-2/h3-4,7,10,15H,5-6,8-9H2,1-2H3. The van der Waals surface area contributed by atoms with E-state index in [0.29, 0.717) is 11.8 Å². The summed E-state index contributed by atoms with van der Waals surface area (Å²) in [7, 11) is 1.89. The van der Waals surface area contributed by atoms with E-state index in [1.807, 2.05) is 24.9 Å². The predicted molar refractivity (Wildman–Crippen MR) is 73.3 cm³/mol. The van der Waals surface area contributed by atoms with Crippen LogP contribution in [0.1, 0.15) is 12.5 Å². The Morgan fingerprint density at radius 3 is 3.06 bits per heavy atom. The van der Waals surface area contributed by atoms with Crippen LogP contribution in [-0.2, 0) is 6.54 Å². The van der Waals surface area contributed by atoms with Crippen LogP contribution in [0.25, 0.3) is 0 Å². The van der Waals surface area contributed by atoms with Gasteiger partial charge in [-0.3, -0.25) is 0 Å². The van der Waals surface area contributed by atoms with Crippen LogP contribution in [0, 0.1) is 5.82 Å². The molecule has 0 aromatic heterocycles. The average Bonchev–Trinajstić information content (AvgIpc) is 2.29. The number of rotatable bonds is 3. The van der Waals surface area contributed by atoms with E-state index in [2.05, 4.69) is 17.1 Å². The van der Waals surface area contributed by atoms with Crippen molar-refractivity contribution >= 4 is 17.4 Å². The third kappa shape index (κ3) is 3.13. The maximum Gasteiger partial charge on any atom is 0.123 e. The second-order valence-electron chi connectivity index (χ2n) is 4.43. The monoisotopic (exact) mass is 254 g/mol. The fourth-order valence-electron chi connectivity index (χ4n) is 2.23. The lowest BCUT2D eigenvalue weighted by Gasteiger charge is -2.33. The average molecular weight is 254 g/mol. The molecular weight excluding hydrogens is 235 g/mol. The Morgan fingerprint density at radius 2 is 2.35 bits per heavy atom. The predicted octanol–water partition coefficient (Wildman–Crippen LogP) is 2.49. The number of benzene rings is 1. The molecule has 1 fully saturated rings. The molecule has 0 saturated carbocycles. The zero-order chi connectivity index (χ0) is 12.3. The van der Waals surface area contributed by atoms with Gasteiger partial charge in [0, 0.05) is 36.3 Å². The molecule has 0 spiro atoms. The van der Waals surface area contributed by atoms with Crippen molar-refractivity contribution in [1.82, 2.24) is 5.32 Å². The molecule has 4 heteroatoms. The first-order valence-electron chi connectivity index (χ1n) is 6.00. The molecule has 1 N–H and O–H groups in total. The Labute approximate surface area is 107 Å². The van der Waals surface area contributed by atoms with E-state index in [0.717, 1.165) is 24.4 Å². The molecule has 2 rings (SSSR count). The van der Waals surface area contributed by atoms with Crippen LogP contribution in [0.15, 0.2) is 18.2 Å². The summed E-state index contributed by atoms with van der Waals surface area (Å²) in [6.07, 6.45) is 0. The van der Waals surface area contributed by atoms with Gasteiger partial charge < -0.3 is 10.2 Å². The Morgan fingerprint density at radius 1 is 1.53 bits per heavy atom. The molecule has 17 heavy (non-hydrogen) atoms. The number of nitrogens with zero attached hydrogens (tertiary/aromatic N) is 1. The van der Waals surface area contributed by atoms with Crippen molar-refractivity contribution in [3.05, 3.63) is 29.6 Å². The summed E-state index contributed by atoms with van der Waals surface area (Å²) >= 11 is 2.01. The van der Waals surface area contributed by atoms with Crippen molar-refractivity contribution in [3.63, 3.8) is 0 Å². The fraction of sp³-hybridized carbons (Fsp3) is 0.538. The zero-order valence-corrected chi connectivity index (χ0v) is 11.2. The summed E-state index contributed by atoms with van der Waals surface area (Å²) in [5.41, 5.74) is 2.22. The number of hydrogen-bond donors (Lipinski definition) is 1. The van der Waals surface area contributed by atoms with Gasteiger partial charge in [-0.15, -0.1) is 0 Å². The molecule has 1 heterocycles. The van der Waals surface area contributed by atoms with Gasteiger partial charge in [0.05, 0.1) is 0 Å². The first kappa shape index (κ1) is 12.7.